The zero-order chi connectivity index (χ0) is 18.6. The van der Waals surface area contributed by atoms with Crippen LogP contribution in [0.25, 0.3) is 0 Å². The zero-order valence-corrected chi connectivity index (χ0v) is 15.2. The molecule has 0 unspecified atom stereocenters. The number of nitrogens with one attached hydrogen (secondary N) is 1. The third kappa shape index (κ3) is 4.90. The van der Waals surface area contributed by atoms with Gasteiger partial charge >= 0.3 is 5.76 Å². The zero-order valence-electron chi connectivity index (χ0n) is 14.4. The lowest BCUT2D eigenvalue weighted by atomic mass is 10.0. The summed E-state index contributed by atoms with van der Waals surface area (Å²) in [6.07, 6.45) is 1.80. The third-order valence-electron chi connectivity index (χ3n) is 4.22. The van der Waals surface area contributed by atoms with E-state index in [1.807, 2.05) is 13.8 Å². The Labute approximate surface area is 147 Å². The van der Waals surface area contributed by atoms with Crippen LogP contribution in [0.4, 0.5) is 14.5 Å². The van der Waals surface area contributed by atoms with Crippen LogP contribution in [0, 0.1) is 5.92 Å². The van der Waals surface area contributed by atoms with E-state index >= 15 is 0 Å². The largest absolute Gasteiger partial charge is 0.381 e. The van der Waals surface area contributed by atoms with Gasteiger partial charge in [0.1, 0.15) is 0 Å². The standard InChI is InChI=1S/C17H24F2N2O3S/c1-12(2)11-16(22)21-9-7-13(8-10-21)20-14-5-3-4-6-15(14)25(23,24)17(18)19/h3-6,12-13,17,20H,7-11H2,1-2H3. The summed E-state index contributed by atoms with van der Waals surface area (Å²) in [5.41, 5.74) is 0.190. The fraction of sp³-hybridized carbons (Fsp3) is 0.588. The number of likely N-dealkylation sites (tertiary alicyclic amines) is 1. The molecule has 1 aliphatic heterocycles. The lowest BCUT2D eigenvalue weighted by molar-refractivity contribution is -0.132. The average Bonchev–Trinajstić information content (AvgIpc) is 2.55. The number of carbonyl (C=O) groups is 1. The maximum absolute atomic E-state index is 12.8. The van der Waals surface area contributed by atoms with Gasteiger partial charge in [-0.1, -0.05) is 26.0 Å². The van der Waals surface area contributed by atoms with E-state index in [2.05, 4.69) is 5.32 Å². The molecule has 0 spiro atoms. The molecule has 1 aromatic carbocycles. The molecule has 0 saturated carbocycles. The smallest absolute Gasteiger partial charge is 0.341 e. The van der Waals surface area contributed by atoms with E-state index in [0.717, 1.165) is 0 Å². The molecule has 8 heteroatoms. The predicted octanol–water partition coefficient (Wildman–Crippen LogP) is 3.13. The fourth-order valence-electron chi connectivity index (χ4n) is 2.90. The van der Waals surface area contributed by atoms with Crippen molar-refractivity contribution in [2.24, 2.45) is 5.92 Å². The highest BCUT2D eigenvalue weighted by molar-refractivity contribution is 7.91. The van der Waals surface area contributed by atoms with E-state index in [1.165, 1.54) is 18.2 Å². The van der Waals surface area contributed by atoms with E-state index in [9.17, 15) is 22.0 Å². The number of para-hydroxylation sites is 1. The molecular formula is C17H24F2N2O3S. The number of anilines is 1. The van der Waals surface area contributed by atoms with Crippen LogP contribution in [-0.2, 0) is 14.6 Å². The molecule has 5 nitrogen and oxygen atoms in total. The fourth-order valence-corrected chi connectivity index (χ4v) is 3.80. The Morgan fingerprint density at radius 3 is 2.40 bits per heavy atom. The molecule has 1 N–H and O–H groups in total. The summed E-state index contributed by atoms with van der Waals surface area (Å²) in [5, 5.41) is 3.06. The van der Waals surface area contributed by atoms with Crippen LogP contribution in [0.1, 0.15) is 33.1 Å². The van der Waals surface area contributed by atoms with Gasteiger partial charge in [0, 0.05) is 25.6 Å². The minimum atomic E-state index is -4.66. The number of rotatable bonds is 6. The van der Waals surface area contributed by atoms with Gasteiger partial charge in [0.15, 0.2) is 0 Å². The summed E-state index contributed by atoms with van der Waals surface area (Å²) in [7, 11) is -4.66. The summed E-state index contributed by atoms with van der Waals surface area (Å²) in [6.45, 7) is 5.14. The van der Waals surface area contributed by atoms with Gasteiger partial charge in [0.2, 0.25) is 15.7 Å². The molecule has 25 heavy (non-hydrogen) atoms. The first kappa shape index (κ1) is 19.6. The summed E-state index contributed by atoms with van der Waals surface area (Å²) in [4.78, 5) is 13.5. The van der Waals surface area contributed by atoms with Crippen LogP contribution in [0.2, 0.25) is 0 Å². The Kier molecular flexibility index (Phi) is 6.37. The SMILES string of the molecule is CC(C)CC(=O)N1CCC(Nc2ccccc2S(=O)(=O)C(F)F)CC1. The van der Waals surface area contributed by atoms with Gasteiger partial charge in [0.25, 0.3) is 0 Å². The normalized spacial score (nSPS) is 16.5. The Morgan fingerprint density at radius 2 is 1.84 bits per heavy atom. The first-order chi connectivity index (χ1) is 11.7. The van der Waals surface area contributed by atoms with Crippen molar-refractivity contribution < 1.29 is 22.0 Å². The van der Waals surface area contributed by atoms with Crippen molar-refractivity contribution in [1.82, 2.24) is 4.90 Å². The van der Waals surface area contributed by atoms with Crippen LogP contribution in [-0.4, -0.2) is 44.1 Å². The second kappa shape index (κ2) is 8.12. The summed E-state index contributed by atoms with van der Waals surface area (Å²) < 4.78 is 49.3. The minimum absolute atomic E-state index is 0.0582. The van der Waals surface area contributed by atoms with E-state index < -0.39 is 15.6 Å². The van der Waals surface area contributed by atoms with Crippen molar-refractivity contribution in [2.45, 2.75) is 49.8 Å². The number of nitrogens with zero attached hydrogens (tertiary/aromatic N) is 1. The first-order valence-corrected chi connectivity index (χ1v) is 9.92. The number of halogens is 2. The minimum Gasteiger partial charge on any atom is -0.381 e. The van der Waals surface area contributed by atoms with E-state index in [0.29, 0.717) is 38.3 Å². The molecular weight excluding hydrogens is 350 g/mol. The van der Waals surface area contributed by atoms with Crippen molar-refractivity contribution in [3.63, 3.8) is 0 Å². The number of hydrogen-bond acceptors (Lipinski definition) is 4. The molecule has 1 aliphatic rings. The van der Waals surface area contributed by atoms with Gasteiger partial charge in [-0.05, 0) is 30.9 Å². The topological polar surface area (TPSA) is 66.5 Å². The molecule has 1 heterocycles. The van der Waals surface area contributed by atoms with Crippen LogP contribution in [0.15, 0.2) is 29.2 Å². The van der Waals surface area contributed by atoms with E-state index in [1.54, 1.807) is 11.0 Å². The highest BCUT2D eigenvalue weighted by Crippen LogP contribution is 2.28. The number of benzene rings is 1. The number of hydrogen-bond donors (Lipinski definition) is 1. The highest BCUT2D eigenvalue weighted by Gasteiger charge is 2.30. The second-order valence-corrected chi connectivity index (χ2v) is 8.59. The van der Waals surface area contributed by atoms with Gasteiger partial charge in [0.05, 0.1) is 10.6 Å². The summed E-state index contributed by atoms with van der Waals surface area (Å²) in [5.74, 6) is -3.03. The van der Waals surface area contributed by atoms with Crippen molar-refractivity contribution >= 4 is 21.4 Å². The average molecular weight is 374 g/mol. The first-order valence-electron chi connectivity index (χ1n) is 8.37. The Bertz CT molecular complexity index is 700. The Morgan fingerprint density at radius 1 is 1.24 bits per heavy atom. The molecule has 0 aromatic heterocycles. The van der Waals surface area contributed by atoms with Gasteiger partial charge < -0.3 is 10.2 Å². The Hall–Kier alpha value is -1.70. The molecule has 1 aromatic rings. The van der Waals surface area contributed by atoms with Gasteiger partial charge in [-0.25, -0.2) is 8.42 Å². The monoisotopic (exact) mass is 374 g/mol. The van der Waals surface area contributed by atoms with E-state index in [4.69, 9.17) is 0 Å². The second-order valence-electron chi connectivity index (χ2n) is 6.70. The van der Waals surface area contributed by atoms with Crippen LogP contribution in [0.5, 0.6) is 0 Å². The van der Waals surface area contributed by atoms with Crippen LogP contribution < -0.4 is 5.32 Å². The molecule has 1 fully saturated rings. The predicted molar refractivity (Wildman–Crippen MR) is 92.3 cm³/mol. The Balaban J connectivity index is 2.03. The highest BCUT2D eigenvalue weighted by atomic mass is 32.2. The molecule has 1 saturated heterocycles. The van der Waals surface area contributed by atoms with E-state index in [-0.39, 0.29) is 22.5 Å². The van der Waals surface area contributed by atoms with Crippen molar-refractivity contribution in [3.8, 4) is 0 Å². The number of alkyl halides is 2. The maximum Gasteiger partial charge on any atom is 0.341 e. The summed E-state index contributed by atoms with van der Waals surface area (Å²) in [6, 6.07) is 5.65. The third-order valence-corrected chi connectivity index (χ3v) is 5.66. The number of amides is 1. The molecule has 0 bridgehead atoms. The summed E-state index contributed by atoms with van der Waals surface area (Å²) >= 11 is 0. The molecule has 0 atom stereocenters. The number of sulfone groups is 1. The lowest BCUT2D eigenvalue weighted by Gasteiger charge is -2.33. The van der Waals surface area contributed by atoms with Crippen LogP contribution in [0.3, 0.4) is 0 Å². The van der Waals surface area contributed by atoms with Gasteiger partial charge in [-0.2, -0.15) is 8.78 Å². The van der Waals surface area contributed by atoms with Gasteiger partial charge in [-0.3, -0.25) is 4.79 Å². The number of piperidine rings is 1. The quantitative estimate of drug-likeness (QED) is 0.831. The molecule has 0 aliphatic carbocycles. The van der Waals surface area contributed by atoms with Crippen molar-refractivity contribution in [1.29, 1.82) is 0 Å². The molecule has 0 radical (unpaired) electrons. The maximum atomic E-state index is 12.8. The molecule has 2 rings (SSSR count). The van der Waals surface area contributed by atoms with Crippen LogP contribution >= 0.6 is 0 Å². The van der Waals surface area contributed by atoms with Crippen molar-refractivity contribution in [2.75, 3.05) is 18.4 Å². The number of carbonyl (C=O) groups excluding carboxylic acids is 1. The molecule has 1 amide bonds. The molecule has 140 valence electrons. The van der Waals surface area contributed by atoms with Gasteiger partial charge in [-0.15, -0.1) is 0 Å². The van der Waals surface area contributed by atoms with Crippen molar-refractivity contribution in [3.05, 3.63) is 24.3 Å². The lowest BCUT2D eigenvalue weighted by Crippen LogP contribution is -2.42.